The first kappa shape index (κ1) is 14.3. The van der Waals surface area contributed by atoms with Crippen LogP contribution in [-0.2, 0) is 10.1 Å². The highest BCUT2D eigenvalue weighted by atomic mass is 32.2. The second kappa shape index (κ2) is 4.75. The average molecular weight is 305 g/mol. The molecule has 0 spiro atoms. The summed E-state index contributed by atoms with van der Waals surface area (Å²) in [4.78, 5) is 14.7. The zero-order valence-electron chi connectivity index (χ0n) is 9.59. The van der Waals surface area contributed by atoms with Crippen LogP contribution < -0.4 is 4.18 Å². The van der Waals surface area contributed by atoms with Crippen LogP contribution in [0.3, 0.4) is 0 Å². The van der Waals surface area contributed by atoms with Gasteiger partial charge in [-0.1, -0.05) is 0 Å². The number of alkyl halides is 3. The van der Waals surface area contributed by atoms with E-state index in [1.165, 1.54) is 18.3 Å². The van der Waals surface area contributed by atoms with Gasteiger partial charge in [0, 0.05) is 17.1 Å². The third-order valence-corrected chi connectivity index (χ3v) is 3.34. The van der Waals surface area contributed by atoms with Crippen LogP contribution in [0.4, 0.5) is 13.2 Å². The van der Waals surface area contributed by atoms with Crippen molar-refractivity contribution in [3.05, 3.63) is 36.0 Å². The fourth-order valence-corrected chi connectivity index (χ4v) is 1.93. The zero-order chi connectivity index (χ0) is 15.0. The average Bonchev–Trinajstić information content (AvgIpc) is 2.36. The Hall–Kier alpha value is -2.16. The molecular weight excluding hydrogens is 299 g/mol. The molecule has 0 atom stereocenters. The molecule has 0 radical (unpaired) electrons. The van der Waals surface area contributed by atoms with Gasteiger partial charge in [0.15, 0.2) is 6.29 Å². The standard InChI is InChI=1S/C11H6F3NO4S/c12-11(13,14)20(17,18)19-8-1-2-10-9(5-8)7(6-16)3-4-15-10/h1-6H. The molecule has 0 unspecified atom stereocenters. The van der Waals surface area contributed by atoms with Gasteiger partial charge in [-0.25, -0.2) is 0 Å². The number of aldehydes is 1. The molecule has 106 valence electrons. The fraction of sp³-hybridized carbons (Fsp3) is 0.0909. The van der Waals surface area contributed by atoms with E-state index in [9.17, 15) is 26.4 Å². The Morgan fingerprint density at radius 2 is 1.90 bits per heavy atom. The van der Waals surface area contributed by atoms with E-state index >= 15 is 0 Å². The molecular formula is C11H6F3NO4S. The number of carbonyl (C=O) groups is 1. The van der Waals surface area contributed by atoms with Gasteiger partial charge in [-0.3, -0.25) is 9.78 Å². The molecule has 0 aliphatic heterocycles. The summed E-state index contributed by atoms with van der Waals surface area (Å²) in [6.07, 6.45) is 1.82. The van der Waals surface area contributed by atoms with Gasteiger partial charge in [-0.2, -0.15) is 21.6 Å². The second-order valence-corrected chi connectivity index (χ2v) is 5.22. The molecule has 1 heterocycles. The molecule has 0 N–H and O–H groups in total. The summed E-state index contributed by atoms with van der Waals surface area (Å²) in [7, 11) is -5.75. The summed E-state index contributed by atoms with van der Waals surface area (Å²) in [6, 6.07) is 4.63. The summed E-state index contributed by atoms with van der Waals surface area (Å²) < 4.78 is 62.3. The van der Waals surface area contributed by atoms with Crippen LogP contribution in [0.2, 0.25) is 0 Å². The summed E-state index contributed by atoms with van der Waals surface area (Å²) in [5, 5.41) is 0.192. The number of halogens is 3. The van der Waals surface area contributed by atoms with Crippen LogP contribution in [-0.4, -0.2) is 25.2 Å². The summed E-state index contributed by atoms with van der Waals surface area (Å²) >= 11 is 0. The van der Waals surface area contributed by atoms with Gasteiger partial charge >= 0.3 is 15.6 Å². The van der Waals surface area contributed by atoms with Gasteiger partial charge in [0.05, 0.1) is 5.52 Å². The first-order chi connectivity index (χ1) is 9.24. The molecule has 9 heteroatoms. The molecule has 5 nitrogen and oxygen atoms in total. The molecule has 2 aromatic rings. The number of benzene rings is 1. The minimum atomic E-state index is -5.75. The molecule has 0 aliphatic carbocycles. The molecule has 0 bridgehead atoms. The fourth-order valence-electron chi connectivity index (χ4n) is 1.48. The Morgan fingerprint density at radius 3 is 2.50 bits per heavy atom. The van der Waals surface area contributed by atoms with Gasteiger partial charge < -0.3 is 4.18 Å². The maximum absolute atomic E-state index is 12.2. The number of hydrogen-bond acceptors (Lipinski definition) is 5. The Kier molecular flexibility index (Phi) is 3.38. The lowest BCUT2D eigenvalue weighted by molar-refractivity contribution is -0.0500. The van der Waals surface area contributed by atoms with E-state index in [1.807, 2.05) is 0 Å². The summed E-state index contributed by atoms with van der Waals surface area (Å²) in [6.45, 7) is 0. The van der Waals surface area contributed by atoms with Crippen LogP contribution in [0, 0.1) is 0 Å². The number of fused-ring (bicyclic) bond motifs is 1. The van der Waals surface area contributed by atoms with Crippen LogP contribution in [0.1, 0.15) is 10.4 Å². The Morgan fingerprint density at radius 1 is 1.20 bits per heavy atom. The monoisotopic (exact) mass is 305 g/mol. The van der Waals surface area contributed by atoms with Gasteiger partial charge in [0.2, 0.25) is 0 Å². The molecule has 1 aromatic carbocycles. The Balaban J connectivity index is 2.50. The predicted molar refractivity (Wildman–Crippen MR) is 62.7 cm³/mol. The summed E-state index contributed by atoms with van der Waals surface area (Å²) in [5.74, 6) is -0.550. The highest BCUT2D eigenvalue weighted by Crippen LogP contribution is 2.29. The van der Waals surface area contributed by atoms with E-state index < -0.39 is 21.4 Å². The van der Waals surface area contributed by atoms with Crippen LogP contribution in [0.5, 0.6) is 5.75 Å². The Labute approximate surface area is 111 Å². The minimum absolute atomic E-state index is 0.157. The second-order valence-electron chi connectivity index (χ2n) is 3.68. The third kappa shape index (κ3) is 2.57. The highest BCUT2D eigenvalue weighted by molar-refractivity contribution is 7.88. The quantitative estimate of drug-likeness (QED) is 0.494. The highest BCUT2D eigenvalue weighted by Gasteiger charge is 2.48. The first-order valence-corrected chi connectivity index (χ1v) is 6.50. The lowest BCUT2D eigenvalue weighted by Crippen LogP contribution is -2.28. The largest absolute Gasteiger partial charge is 0.534 e. The van der Waals surface area contributed by atoms with Crippen molar-refractivity contribution in [1.29, 1.82) is 0 Å². The van der Waals surface area contributed by atoms with Crippen molar-refractivity contribution in [2.45, 2.75) is 5.51 Å². The van der Waals surface area contributed by atoms with E-state index in [1.54, 1.807) is 0 Å². The van der Waals surface area contributed by atoms with E-state index in [2.05, 4.69) is 9.17 Å². The van der Waals surface area contributed by atoms with Crippen molar-refractivity contribution < 1.29 is 30.6 Å². The lowest BCUT2D eigenvalue weighted by Gasteiger charge is -2.10. The number of aromatic nitrogens is 1. The molecule has 0 aliphatic rings. The summed E-state index contributed by atoms with van der Waals surface area (Å²) in [5.41, 5.74) is -5.04. The van der Waals surface area contributed by atoms with Crippen molar-refractivity contribution in [3.8, 4) is 5.75 Å². The maximum atomic E-state index is 12.2. The topological polar surface area (TPSA) is 73.3 Å². The molecule has 0 fully saturated rings. The molecule has 0 saturated heterocycles. The van der Waals surface area contributed by atoms with Gasteiger partial charge in [-0.15, -0.1) is 0 Å². The van der Waals surface area contributed by atoms with Gasteiger partial charge in [0.25, 0.3) is 0 Å². The number of nitrogens with zero attached hydrogens (tertiary/aromatic N) is 1. The Bertz CT molecular complexity index is 771. The zero-order valence-corrected chi connectivity index (χ0v) is 10.4. The van der Waals surface area contributed by atoms with Crippen LogP contribution >= 0.6 is 0 Å². The van der Waals surface area contributed by atoms with Gasteiger partial charge in [-0.05, 0) is 24.3 Å². The first-order valence-electron chi connectivity index (χ1n) is 5.09. The minimum Gasteiger partial charge on any atom is -0.376 e. The molecule has 0 saturated carbocycles. The number of rotatable bonds is 3. The third-order valence-electron chi connectivity index (χ3n) is 2.36. The number of carbonyl (C=O) groups excluding carboxylic acids is 1. The van der Waals surface area contributed by atoms with Crippen molar-refractivity contribution in [2.24, 2.45) is 0 Å². The van der Waals surface area contributed by atoms with Crippen LogP contribution in [0.25, 0.3) is 10.9 Å². The smallest absolute Gasteiger partial charge is 0.376 e. The maximum Gasteiger partial charge on any atom is 0.534 e. The van der Waals surface area contributed by atoms with Crippen molar-refractivity contribution in [3.63, 3.8) is 0 Å². The van der Waals surface area contributed by atoms with Gasteiger partial charge in [0.1, 0.15) is 5.75 Å². The SMILES string of the molecule is O=Cc1ccnc2ccc(OS(=O)(=O)C(F)(F)F)cc12. The van der Waals surface area contributed by atoms with Crippen LogP contribution in [0.15, 0.2) is 30.5 Å². The normalized spacial score (nSPS) is 12.3. The molecule has 2 rings (SSSR count). The molecule has 0 amide bonds. The lowest BCUT2D eigenvalue weighted by atomic mass is 10.1. The van der Waals surface area contributed by atoms with E-state index in [4.69, 9.17) is 0 Å². The number of hydrogen-bond donors (Lipinski definition) is 0. The van der Waals surface area contributed by atoms with Crippen molar-refractivity contribution >= 4 is 27.3 Å². The molecule has 1 aromatic heterocycles. The predicted octanol–water partition coefficient (Wildman–Crippen LogP) is 2.28. The van der Waals surface area contributed by atoms with E-state index in [0.29, 0.717) is 11.8 Å². The van der Waals surface area contributed by atoms with Crippen molar-refractivity contribution in [1.82, 2.24) is 4.98 Å². The number of pyridine rings is 1. The van der Waals surface area contributed by atoms with E-state index in [0.717, 1.165) is 12.1 Å². The van der Waals surface area contributed by atoms with Crippen molar-refractivity contribution in [2.75, 3.05) is 0 Å². The molecule has 20 heavy (non-hydrogen) atoms. The van der Waals surface area contributed by atoms with E-state index in [-0.39, 0.29) is 10.9 Å².